The number of alkyl halides is 6. The van der Waals surface area contributed by atoms with E-state index in [0.29, 0.717) is 18.3 Å². The molecule has 5 aromatic rings. The van der Waals surface area contributed by atoms with E-state index in [2.05, 4.69) is 109 Å². The van der Waals surface area contributed by atoms with Crippen molar-refractivity contribution in [2.24, 2.45) is 0 Å². The number of thiocarbonyl (C=S) groups is 1. The number of hydrogen-bond acceptors (Lipinski definition) is 2. The summed E-state index contributed by atoms with van der Waals surface area (Å²) in [5.41, 5.74) is -3.31. The van der Waals surface area contributed by atoms with Gasteiger partial charge in [0.15, 0.2) is 0 Å². The van der Waals surface area contributed by atoms with E-state index in [1.165, 1.54) is 0 Å². The number of benzene rings is 5. The molecule has 2 N–H and O–H groups in total. The third-order valence-electron chi connectivity index (χ3n) is 9.99. The van der Waals surface area contributed by atoms with E-state index in [9.17, 15) is 26.3 Å². The van der Waals surface area contributed by atoms with Crippen molar-refractivity contribution in [2.45, 2.75) is 57.2 Å². The molecule has 0 heterocycles. The number of halogens is 7. The van der Waals surface area contributed by atoms with E-state index in [1.54, 1.807) is 0 Å². The fraction of sp³-hybridized carbons (Fsp3) is 0.262. The molecule has 0 unspecified atom stereocenters. The van der Waals surface area contributed by atoms with Crippen molar-refractivity contribution in [2.75, 3.05) is 18.1 Å². The van der Waals surface area contributed by atoms with E-state index in [-0.39, 0.29) is 16.2 Å². The molecule has 0 saturated heterocycles. The molecule has 13 heteroatoms. The molecular formula is C42H44F6IN2OPSSi. The Morgan fingerprint density at radius 3 is 1.44 bits per heavy atom. The molecule has 5 rings (SSSR count). The summed E-state index contributed by atoms with van der Waals surface area (Å²) < 4.78 is 87.3. The number of hydrogen-bond donors (Lipinski definition) is 2. The second-order valence-corrected chi connectivity index (χ2v) is 32.2. The zero-order valence-corrected chi connectivity index (χ0v) is 35.9. The molecular weight excluding hydrogens is 880 g/mol. The molecule has 0 aliphatic carbocycles. The molecule has 0 aromatic heterocycles. The molecule has 0 saturated carbocycles. The third-order valence-corrected chi connectivity index (χ3v) is 24.4. The van der Waals surface area contributed by atoms with Crippen LogP contribution < -0.4 is 31.6 Å². The molecule has 2 atom stereocenters. The van der Waals surface area contributed by atoms with Gasteiger partial charge < -0.3 is 0 Å². The van der Waals surface area contributed by atoms with Gasteiger partial charge in [0.1, 0.15) is 0 Å². The van der Waals surface area contributed by atoms with Crippen LogP contribution in [0.1, 0.15) is 38.8 Å². The molecule has 0 bridgehead atoms. The summed E-state index contributed by atoms with van der Waals surface area (Å²) in [6.07, 6.45) is -10.1. The third kappa shape index (κ3) is 9.47. The summed E-state index contributed by atoms with van der Waals surface area (Å²) >= 11 is 8.34. The van der Waals surface area contributed by atoms with Crippen LogP contribution in [0.25, 0.3) is 0 Å². The van der Waals surface area contributed by atoms with Gasteiger partial charge in [-0.25, -0.2) is 0 Å². The Bertz CT molecular complexity index is 1950. The fourth-order valence-electron chi connectivity index (χ4n) is 7.18. The van der Waals surface area contributed by atoms with Crippen molar-refractivity contribution in [1.82, 2.24) is 5.32 Å². The van der Waals surface area contributed by atoms with Crippen molar-refractivity contribution in [1.29, 1.82) is 0 Å². The quantitative estimate of drug-likeness (QED) is 0.0455. The summed E-state index contributed by atoms with van der Waals surface area (Å²) in [5, 5.41) is 9.84. The monoisotopic (exact) mass is 924 g/mol. The van der Waals surface area contributed by atoms with Gasteiger partial charge in [-0.1, -0.05) is 0 Å². The van der Waals surface area contributed by atoms with E-state index >= 15 is 0 Å². The minimum absolute atomic E-state index is 0.0977. The van der Waals surface area contributed by atoms with Crippen LogP contribution in [0.3, 0.4) is 0 Å². The van der Waals surface area contributed by atoms with Crippen molar-refractivity contribution in [3.05, 3.63) is 151 Å². The van der Waals surface area contributed by atoms with Gasteiger partial charge in [-0.15, -0.1) is 0 Å². The summed E-state index contributed by atoms with van der Waals surface area (Å²) in [4.78, 5) is 0. The van der Waals surface area contributed by atoms with Crippen LogP contribution in [0.5, 0.6) is 0 Å². The number of rotatable bonds is 11. The van der Waals surface area contributed by atoms with Crippen LogP contribution in [0.15, 0.2) is 140 Å². The average Bonchev–Trinajstić information content (AvgIpc) is 3.13. The Morgan fingerprint density at radius 1 is 0.691 bits per heavy atom. The van der Waals surface area contributed by atoms with Crippen molar-refractivity contribution in [3.8, 4) is 0 Å². The zero-order valence-electron chi connectivity index (χ0n) is 31.1. The van der Waals surface area contributed by atoms with Crippen LogP contribution in [0.2, 0.25) is 5.04 Å². The minimum atomic E-state index is -5.01. The summed E-state index contributed by atoms with van der Waals surface area (Å²) in [5.74, 6) is 0. The molecule has 5 aromatic carbocycles. The molecule has 0 amide bonds. The number of anilines is 1. The average molecular weight is 925 g/mol. The van der Waals surface area contributed by atoms with Crippen LogP contribution in [-0.2, 0) is 16.8 Å². The Labute approximate surface area is 338 Å². The molecule has 55 heavy (non-hydrogen) atoms. The van der Waals surface area contributed by atoms with Gasteiger partial charge >= 0.3 is 341 Å². The van der Waals surface area contributed by atoms with Gasteiger partial charge in [-0.2, -0.15) is 0 Å². The molecule has 0 radical (unpaired) electrons. The van der Waals surface area contributed by atoms with E-state index in [4.69, 9.17) is 16.6 Å². The van der Waals surface area contributed by atoms with E-state index < -0.39 is 53.9 Å². The van der Waals surface area contributed by atoms with Crippen molar-refractivity contribution in [3.63, 3.8) is 0 Å². The topological polar surface area (TPSA) is 33.3 Å². The molecule has 0 fully saturated rings. The van der Waals surface area contributed by atoms with Gasteiger partial charge in [-0.3, -0.25) is 0 Å². The molecule has 3 nitrogen and oxygen atoms in total. The maximum absolute atomic E-state index is 13.8. The first-order chi connectivity index (χ1) is 25.6. The molecule has 0 spiro atoms. The first-order valence-electron chi connectivity index (χ1n) is 17.6. The van der Waals surface area contributed by atoms with Gasteiger partial charge in [0, 0.05) is 0 Å². The Morgan fingerprint density at radius 2 is 1.07 bits per heavy atom. The van der Waals surface area contributed by atoms with E-state index in [1.807, 2.05) is 79.7 Å². The predicted molar refractivity (Wildman–Crippen MR) is 232 cm³/mol. The standard InChI is InChI=1S/C42H44F6IN2OPSSi/c1-30(52-55(40(2,3)4,36-22-14-8-15-23-36)37-24-16-9-17-25-37)38(29-53(5,49,34-18-10-6-11-19-34)35-20-12-7-13-21-35)51-39(54)50-33-27-31(41(43,44)45)26-32(28-33)42(46,47)48/h6-28,30,38H,29H2,1-5H3,(H2,50,51,54)/t30-,38+/m0/s1. The zero-order chi connectivity index (χ0) is 40.3. The van der Waals surface area contributed by atoms with Crippen LogP contribution in [0, 0.1) is 0 Å². The molecule has 0 aliphatic rings. The van der Waals surface area contributed by atoms with Gasteiger partial charge in [-0.05, 0) is 0 Å². The second kappa shape index (κ2) is 16.3. The first kappa shape index (κ1) is 42.8. The normalized spacial score (nSPS) is 14.7. The van der Waals surface area contributed by atoms with Gasteiger partial charge in [0.2, 0.25) is 0 Å². The van der Waals surface area contributed by atoms with Crippen molar-refractivity contribution >= 4 is 78.6 Å². The van der Waals surface area contributed by atoms with Crippen LogP contribution >= 0.6 is 38.5 Å². The van der Waals surface area contributed by atoms with E-state index in [0.717, 1.165) is 21.0 Å². The Balaban J connectivity index is 1.66. The fourth-order valence-corrected chi connectivity index (χ4v) is 19.3. The van der Waals surface area contributed by atoms with Gasteiger partial charge in [0.25, 0.3) is 0 Å². The maximum atomic E-state index is 13.8. The van der Waals surface area contributed by atoms with Gasteiger partial charge in [0.05, 0.1) is 0 Å². The Kier molecular flexibility index (Phi) is 12.7. The first-order valence-corrected chi connectivity index (χ1v) is 25.6. The second-order valence-electron chi connectivity index (χ2n) is 15.0. The summed E-state index contributed by atoms with van der Waals surface area (Å²) in [6, 6.07) is 41.3. The molecule has 292 valence electrons. The SMILES string of the molecule is C[C@H](O[Si](c1ccccc1)(c1ccccc1)C(C)(C)C)[C@@H](CP(C)(I)(c1ccccc1)c1ccccc1)NC(=S)Nc1cc(C(F)(F)F)cc(C(F)(F)F)c1. The van der Waals surface area contributed by atoms with Crippen molar-refractivity contribution < 1.29 is 30.8 Å². The summed E-state index contributed by atoms with van der Waals surface area (Å²) in [6.45, 7) is 10.7. The Hall–Kier alpha value is -3.29. The predicted octanol–water partition coefficient (Wildman–Crippen LogP) is 10.5. The molecule has 0 aliphatic heterocycles. The van der Waals surface area contributed by atoms with Crippen LogP contribution in [0.4, 0.5) is 32.0 Å². The summed E-state index contributed by atoms with van der Waals surface area (Å²) in [7, 11) is -3.16. The van der Waals surface area contributed by atoms with Crippen LogP contribution in [-0.4, -0.2) is 38.4 Å². The number of nitrogens with one attached hydrogen (secondary N) is 2.